The lowest BCUT2D eigenvalue weighted by molar-refractivity contribution is 0.0531. The Labute approximate surface area is 80.1 Å². The third kappa shape index (κ3) is 2.95. The number of hydrogen-bond donors (Lipinski definition) is 0. The molecule has 0 aliphatic carbocycles. The van der Waals surface area contributed by atoms with Gasteiger partial charge in [-0.05, 0) is 0 Å². The number of morpholine rings is 2. The lowest BCUT2D eigenvalue weighted by Gasteiger charge is -2.33. The Balaban J connectivity index is 1.69. The summed E-state index contributed by atoms with van der Waals surface area (Å²) in [7, 11) is 2.23. The van der Waals surface area contributed by atoms with E-state index < -0.39 is 0 Å². The van der Waals surface area contributed by atoms with Crippen LogP contribution in [0.4, 0.5) is 0 Å². The molecule has 0 aromatic carbocycles. The maximum Gasteiger partial charge on any atom is 0.313 e. The van der Waals surface area contributed by atoms with Crippen LogP contribution in [0.3, 0.4) is 0 Å². The highest BCUT2D eigenvalue weighted by Crippen LogP contribution is 2.00. The first kappa shape index (κ1) is 9.46. The molecule has 2 aliphatic rings. The Kier molecular flexibility index (Phi) is 3.60. The minimum Gasteiger partial charge on any atom is -0.379 e. The van der Waals surface area contributed by atoms with E-state index in [9.17, 15) is 0 Å². The van der Waals surface area contributed by atoms with E-state index in [0.29, 0.717) is 0 Å². The van der Waals surface area contributed by atoms with Crippen LogP contribution in [0, 0.1) is 0 Å². The van der Waals surface area contributed by atoms with Crippen molar-refractivity contribution in [2.24, 2.45) is 0 Å². The molecule has 13 heavy (non-hydrogen) atoms. The summed E-state index contributed by atoms with van der Waals surface area (Å²) < 4.78 is 10.6. The van der Waals surface area contributed by atoms with Crippen molar-refractivity contribution < 1.29 is 9.47 Å². The van der Waals surface area contributed by atoms with Crippen molar-refractivity contribution in [3.63, 3.8) is 0 Å². The molecule has 0 unspecified atom stereocenters. The highest BCUT2D eigenvalue weighted by Gasteiger charge is 2.18. The van der Waals surface area contributed by atoms with E-state index in [0.717, 1.165) is 52.6 Å². The van der Waals surface area contributed by atoms with Crippen LogP contribution in [0.15, 0.2) is 0 Å². The maximum absolute atomic E-state index is 5.28. The fourth-order valence-electron chi connectivity index (χ4n) is 1.62. The Hall–Kier alpha value is -0.0951. The first-order chi connectivity index (χ1) is 6.45. The van der Waals surface area contributed by atoms with Crippen molar-refractivity contribution in [2.45, 2.75) is 0 Å². The smallest absolute Gasteiger partial charge is 0.313 e. The predicted molar refractivity (Wildman–Crippen MR) is 50.5 cm³/mol. The molecule has 0 bridgehead atoms. The van der Waals surface area contributed by atoms with Gasteiger partial charge in [-0.3, -0.25) is 0 Å². The van der Waals surface area contributed by atoms with Crippen LogP contribution < -0.4 is 0 Å². The van der Waals surface area contributed by atoms with Crippen LogP contribution in [0.1, 0.15) is 0 Å². The minimum atomic E-state index is 0.862. The summed E-state index contributed by atoms with van der Waals surface area (Å²) >= 11 is 0. The first-order valence-electron chi connectivity index (χ1n) is 4.94. The number of rotatable bonds is 2. The van der Waals surface area contributed by atoms with Crippen LogP contribution in [0.25, 0.3) is 0 Å². The molecule has 2 heterocycles. The molecule has 2 fully saturated rings. The lowest BCUT2D eigenvalue weighted by atomic mass is 10.0. The van der Waals surface area contributed by atoms with E-state index in [-0.39, 0.29) is 0 Å². The normalized spacial score (nSPS) is 27.4. The zero-order chi connectivity index (χ0) is 8.93. The van der Waals surface area contributed by atoms with Gasteiger partial charge < -0.3 is 19.1 Å². The molecular formula is C8H16BN2O2. The zero-order valence-corrected chi connectivity index (χ0v) is 7.95. The van der Waals surface area contributed by atoms with Crippen LogP contribution in [0.5, 0.6) is 0 Å². The van der Waals surface area contributed by atoms with Gasteiger partial charge in [-0.1, -0.05) is 0 Å². The van der Waals surface area contributed by atoms with Gasteiger partial charge in [0.15, 0.2) is 0 Å². The van der Waals surface area contributed by atoms with E-state index in [2.05, 4.69) is 17.2 Å². The number of hydrogen-bond acceptors (Lipinski definition) is 4. The van der Waals surface area contributed by atoms with Crippen molar-refractivity contribution in [2.75, 3.05) is 52.6 Å². The summed E-state index contributed by atoms with van der Waals surface area (Å²) in [4.78, 5) is 4.66. The molecule has 2 saturated heterocycles. The van der Waals surface area contributed by atoms with Gasteiger partial charge in [-0.15, -0.1) is 0 Å². The fourth-order valence-corrected chi connectivity index (χ4v) is 1.62. The molecule has 0 N–H and O–H groups in total. The van der Waals surface area contributed by atoms with Gasteiger partial charge >= 0.3 is 7.55 Å². The summed E-state index contributed by atoms with van der Waals surface area (Å²) in [6.07, 6.45) is 0. The van der Waals surface area contributed by atoms with Gasteiger partial charge in [-0.2, -0.15) is 0 Å². The SMILES string of the molecule is [B](N1CCOCC1)N1CCOCC1. The third-order valence-corrected chi connectivity index (χ3v) is 2.42. The molecule has 1 radical (unpaired) electrons. The zero-order valence-electron chi connectivity index (χ0n) is 7.95. The van der Waals surface area contributed by atoms with Crippen molar-refractivity contribution in [3.05, 3.63) is 0 Å². The second-order valence-electron chi connectivity index (χ2n) is 3.41. The van der Waals surface area contributed by atoms with Crippen molar-refractivity contribution in [1.29, 1.82) is 0 Å². The highest BCUT2D eigenvalue weighted by atomic mass is 16.5. The Morgan fingerprint density at radius 2 is 1.08 bits per heavy atom. The monoisotopic (exact) mass is 183 g/mol. The summed E-state index contributed by atoms with van der Waals surface area (Å²) in [5.74, 6) is 0. The predicted octanol–water partition coefficient (Wildman–Crippen LogP) is -0.815. The van der Waals surface area contributed by atoms with E-state index in [4.69, 9.17) is 9.47 Å². The summed E-state index contributed by atoms with van der Waals surface area (Å²) in [6.45, 7) is 7.55. The van der Waals surface area contributed by atoms with Crippen molar-refractivity contribution in [1.82, 2.24) is 9.62 Å². The molecule has 0 saturated carbocycles. The van der Waals surface area contributed by atoms with Crippen molar-refractivity contribution >= 4 is 7.55 Å². The largest absolute Gasteiger partial charge is 0.379 e. The van der Waals surface area contributed by atoms with Crippen LogP contribution in [-0.4, -0.2) is 69.8 Å². The number of ether oxygens (including phenoxy) is 2. The average Bonchev–Trinajstić information content (AvgIpc) is 2.21. The van der Waals surface area contributed by atoms with Crippen LogP contribution in [-0.2, 0) is 9.47 Å². The average molecular weight is 183 g/mol. The molecule has 4 nitrogen and oxygen atoms in total. The molecular weight excluding hydrogens is 167 g/mol. The molecule has 0 aromatic rings. The van der Waals surface area contributed by atoms with Gasteiger partial charge in [-0.25, -0.2) is 0 Å². The Morgan fingerprint density at radius 1 is 0.692 bits per heavy atom. The topological polar surface area (TPSA) is 24.9 Å². The molecule has 0 aromatic heterocycles. The van der Waals surface area contributed by atoms with E-state index in [1.807, 2.05) is 0 Å². The maximum atomic E-state index is 5.28. The molecule has 5 heteroatoms. The Morgan fingerprint density at radius 3 is 1.46 bits per heavy atom. The molecule has 2 rings (SSSR count). The quantitative estimate of drug-likeness (QED) is 0.522. The fraction of sp³-hybridized carbons (Fsp3) is 1.00. The lowest BCUT2D eigenvalue weighted by Crippen LogP contribution is -2.50. The summed E-state index contributed by atoms with van der Waals surface area (Å²) in [5, 5.41) is 0. The molecule has 0 spiro atoms. The summed E-state index contributed by atoms with van der Waals surface area (Å²) in [5.41, 5.74) is 0. The van der Waals surface area contributed by atoms with Gasteiger partial charge in [0, 0.05) is 26.2 Å². The third-order valence-electron chi connectivity index (χ3n) is 2.42. The molecule has 2 aliphatic heterocycles. The van der Waals surface area contributed by atoms with Gasteiger partial charge in [0.2, 0.25) is 0 Å². The van der Waals surface area contributed by atoms with Gasteiger partial charge in [0.05, 0.1) is 26.4 Å². The second kappa shape index (κ2) is 4.95. The van der Waals surface area contributed by atoms with E-state index in [1.165, 1.54) is 0 Å². The number of nitrogens with zero attached hydrogens (tertiary/aromatic N) is 2. The van der Waals surface area contributed by atoms with Crippen LogP contribution >= 0.6 is 0 Å². The molecule has 73 valence electrons. The minimum absolute atomic E-state index is 0.862. The first-order valence-corrected chi connectivity index (χ1v) is 4.94. The van der Waals surface area contributed by atoms with Gasteiger partial charge in [0.25, 0.3) is 0 Å². The van der Waals surface area contributed by atoms with E-state index >= 15 is 0 Å². The van der Waals surface area contributed by atoms with Crippen LogP contribution in [0.2, 0.25) is 0 Å². The second-order valence-corrected chi connectivity index (χ2v) is 3.41. The molecule has 0 atom stereocenters. The highest BCUT2D eigenvalue weighted by molar-refractivity contribution is 6.28. The Bertz CT molecular complexity index is 131. The molecule has 0 amide bonds. The summed E-state index contributed by atoms with van der Waals surface area (Å²) in [6, 6.07) is 0. The van der Waals surface area contributed by atoms with Gasteiger partial charge in [0.1, 0.15) is 0 Å². The standard InChI is InChI=1S/C8H16BN2O2/c1-5-12-6-2-10(1)9-11-3-7-13-8-4-11/h1-8H2. The van der Waals surface area contributed by atoms with Crippen molar-refractivity contribution in [3.8, 4) is 0 Å². The van der Waals surface area contributed by atoms with E-state index in [1.54, 1.807) is 0 Å².